The molecule has 0 saturated carbocycles. The molecule has 4 rings (SSSR count). The van der Waals surface area contributed by atoms with Crippen LogP contribution in [0.1, 0.15) is 39.1 Å². The van der Waals surface area contributed by atoms with Crippen LogP contribution in [0.5, 0.6) is 11.5 Å². The number of aromatic hydroxyl groups is 2. The van der Waals surface area contributed by atoms with Gasteiger partial charge in [-0.15, -0.1) is 0 Å². The standard InChI is InChI=1S/C24H18ClN3O6/c1-12(26-27-22(31)13-5-8-19(29)20(30)10-13)21-17-7-6-15(25)11-18(17)28(23(21)32)16-4-2-3-14(9-16)24(33)34/h2-11,21,29-30H,1H3,(H,27,31)(H,33,34). The number of hydrogen-bond acceptors (Lipinski definition) is 6. The number of fused-ring (bicyclic) bond motifs is 1. The van der Waals surface area contributed by atoms with Crippen molar-refractivity contribution in [3.8, 4) is 11.5 Å². The van der Waals surface area contributed by atoms with Gasteiger partial charge in [0, 0.05) is 16.3 Å². The van der Waals surface area contributed by atoms with Crippen LogP contribution in [-0.2, 0) is 4.79 Å². The number of hydrazone groups is 1. The number of carbonyl (C=O) groups excluding carboxylic acids is 2. The minimum atomic E-state index is -1.13. The smallest absolute Gasteiger partial charge is 0.335 e. The molecule has 0 fully saturated rings. The van der Waals surface area contributed by atoms with Crippen molar-refractivity contribution in [1.29, 1.82) is 0 Å². The lowest BCUT2D eigenvalue weighted by Crippen LogP contribution is -2.29. The predicted octanol–water partition coefficient (Wildman–Crippen LogP) is 4.02. The molecule has 172 valence electrons. The first-order chi connectivity index (χ1) is 16.2. The summed E-state index contributed by atoms with van der Waals surface area (Å²) >= 11 is 6.17. The quantitative estimate of drug-likeness (QED) is 0.247. The van der Waals surface area contributed by atoms with E-state index >= 15 is 0 Å². The van der Waals surface area contributed by atoms with Gasteiger partial charge in [0.2, 0.25) is 5.91 Å². The zero-order valence-electron chi connectivity index (χ0n) is 17.7. The van der Waals surface area contributed by atoms with Crippen molar-refractivity contribution in [1.82, 2.24) is 5.43 Å². The minimum absolute atomic E-state index is 0.0205. The number of carboxylic acids is 1. The predicted molar refractivity (Wildman–Crippen MR) is 125 cm³/mol. The second-order valence-electron chi connectivity index (χ2n) is 7.56. The maximum Gasteiger partial charge on any atom is 0.335 e. The summed E-state index contributed by atoms with van der Waals surface area (Å²) in [4.78, 5) is 38.7. The van der Waals surface area contributed by atoms with Gasteiger partial charge in [-0.25, -0.2) is 10.2 Å². The molecule has 1 aliphatic heterocycles. The highest BCUT2D eigenvalue weighted by atomic mass is 35.5. The number of hydrogen-bond donors (Lipinski definition) is 4. The molecule has 1 atom stereocenters. The number of phenols is 2. The Kier molecular flexibility index (Phi) is 5.95. The Balaban J connectivity index is 1.67. The Morgan fingerprint density at radius 3 is 2.47 bits per heavy atom. The van der Waals surface area contributed by atoms with E-state index in [1.165, 1.54) is 35.2 Å². The number of rotatable bonds is 5. The van der Waals surface area contributed by atoms with E-state index in [0.29, 0.717) is 22.0 Å². The SMILES string of the molecule is CC(=NNC(=O)c1ccc(O)c(O)c1)C1C(=O)N(c2cccc(C(=O)O)c2)c2cc(Cl)ccc21. The van der Waals surface area contributed by atoms with E-state index in [2.05, 4.69) is 10.5 Å². The van der Waals surface area contributed by atoms with Crippen LogP contribution >= 0.6 is 11.6 Å². The normalized spacial score (nSPS) is 15.2. The molecular weight excluding hydrogens is 462 g/mol. The number of carboxylic acid groups (broad SMARTS) is 1. The van der Waals surface area contributed by atoms with Crippen LogP contribution in [0, 0.1) is 0 Å². The molecule has 10 heteroatoms. The molecule has 0 aliphatic carbocycles. The fourth-order valence-electron chi connectivity index (χ4n) is 3.72. The highest BCUT2D eigenvalue weighted by Gasteiger charge is 2.40. The molecule has 9 nitrogen and oxygen atoms in total. The molecule has 0 bridgehead atoms. The monoisotopic (exact) mass is 479 g/mol. The molecule has 3 aromatic carbocycles. The van der Waals surface area contributed by atoms with E-state index < -0.39 is 29.5 Å². The molecule has 34 heavy (non-hydrogen) atoms. The summed E-state index contributed by atoms with van der Waals surface area (Å²) in [5.74, 6) is -3.84. The number of phenolic OH excluding ortho intramolecular Hbond substituents is 2. The summed E-state index contributed by atoms with van der Waals surface area (Å²) in [7, 11) is 0. The van der Waals surface area contributed by atoms with Crippen LogP contribution < -0.4 is 10.3 Å². The first-order valence-corrected chi connectivity index (χ1v) is 10.4. The van der Waals surface area contributed by atoms with Gasteiger partial charge in [0.1, 0.15) is 5.92 Å². The average Bonchev–Trinajstić information content (AvgIpc) is 3.09. The molecule has 3 aromatic rings. The summed E-state index contributed by atoms with van der Waals surface area (Å²) < 4.78 is 0. The lowest BCUT2D eigenvalue weighted by Gasteiger charge is -2.19. The van der Waals surface area contributed by atoms with Gasteiger partial charge < -0.3 is 15.3 Å². The van der Waals surface area contributed by atoms with Gasteiger partial charge in [-0.3, -0.25) is 14.5 Å². The third-order valence-electron chi connectivity index (χ3n) is 5.35. The van der Waals surface area contributed by atoms with Gasteiger partial charge in [0.05, 0.1) is 17.0 Å². The van der Waals surface area contributed by atoms with E-state index in [0.717, 1.165) is 6.07 Å². The van der Waals surface area contributed by atoms with Gasteiger partial charge in [-0.1, -0.05) is 23.7 Å². The van der Waals surface area contributed by atoms with E-state index in [1.54, 1.807) is 31.2 Å². The topological polar surface area (TPSA) is 140 Å². The van der Waals surface area contributed by atoms with E-state index in [-0.39, 0.29) is 22.6 Å². The fraction of sp³-hybridized carbons (Fsp3) is 0.0833. The van der Waals surface area contributed by atoms with Gasteiger partial charge >= 0.3 is 5.97 Å². The highest BCUT2D eigenvalue weighted by molar-refractivity contribution is 6.31. The lowest BCUT2D eigenvalue weighted by molar-refractivity contribution is -0.117. The molecule has 0 aromatic heterocycles. The Bertz CT molecular complexity index is 1370. The second-order valence-corrected chi connectivity index (χ2v) is 8.00. The Hall–Kier alpha value is -4.37. The maximum absolute atomic E-state index is 13.5. The number of nitrogens with one attached hydrogen (secondary N) is 1. The summed E-state index contributed by atoms with van der Waals surface area (Å²) in [6.07, 6.45) is 0. The molecular formula is C24H18ClN3O6. The first kappa shape index (κ1) is 22.8. The van der Waals surface area contributed by atoms with Gasteiger partial charge in [0.15, 0.2) is 11.5 Å². The fourth-order valence-corrected chi connectivity index (χ4v) is 3.88. The van der Waals surface area contributed by atoms with Crippen molar-refractivity contribution in [3.05, 3.63) is 82.4 Å². The number of aromatic carboxylic acids is 1. The molecule has 1 unspecified atom stereocenters. The molecule has 1 aliphatic rings. The third-order valence-corrected chi connectivity index (χ3v) is 5.59. The van der Waals surface area contributed by atoms with Crippen LogP contribution in [0.15, 0.2) is 65.8 Å². The van der Waals surface area contributed by atoms with Crippen LogP contribution in [0.25, 0.3) is 0 Å². The van der Waals surface area contributed by atoms with Crippen molar-refractivity contribution in [3.63, 3.8) is 0 Å². The molecule has 0 spiro atoms. The Labute approximate surface area is 198 Å². The lowest BCUT2D eigenvalue weighted by atomic mass is 9.96. The first-order valence-electron chi connectivity index (χ1n) is 10.0. The molecule has 2 amide bonds. The zero-order chi connectivity index (χ0) is 24.6. The molecule has 1 heterocycles. The largest absolute Gasteiger partial charge is 0.504 e. The number of anilines is 2. The summed E-state index contributed by atoms with van der Waals surface area (Å²) in [6, 6.07) is 14.4. The molecule has 4 N–H and O–H groups in total. The second kappa shape index (κ2) is 8.87. The Morgan fingerprint density at radius 1 is 1.00 bits per heavy atom. The van der Waals surface area contributed by atoms with Crippen molar-refractivity contribution < 1.29 is 29.7 Å². The van der Waals surface area contributed by atoms with Crippen molar-refractivity contribution in [2.75, 3.05) is 4.90 Å². The maximum atomic E-state index is 13.5. The van der Waals surface area contributed by atoms with E-state index in [1.807, 2.05) is 0 Å². The molecule has 0 saturated heterocycles. The third kappa shape index (κ3) is 4.16. The van der Waals surface area contributed by atoms with Gasteiger partial charge in [-0.2, -0.15) is 5.10 Å². The van der Waals surface area contributed by atoms with Crippen molar-refractivity contribution in [2.24, 2.45) is 5.10 Å². The number of nitrogens with zero attached hydrogens (tertiary/aromatic N) is 2. The average molecular weight is 480 g/mol. The van der Waals surface area contributed by atoms with Crippen LogP contribution in [0.4, 0.5) is 11.4 Å². The van der Waals surface area contributed by atoms with Crippen molar-refractivity contribution in [2.45, 2.75) is 12.8 Å². The summed E-state index contributed by atoms with van der Waals surface area (Å²) in [5.41, 5.74) is 4.13. The van der Waals surface area contributed by atoms with E-state index in [9.17, 15) is 29.7 Å². The van der Waals surface area contributed by atoms with E-state index in [4.69, 9.17) is 11.6 Å². The van der Waals surface area contributed by atoms with Crippen molar-refractivity contribution >= 4 is 46.5 Å². The minimum Gasteiger partial charge on any atom is -0.504 e. The molecule has 0 radical (unpaired) electrons. The van der Waals surface area contributed by atoms with Crippen LogP contribution in [0.2, 0.25) is 5.02 Å². The zero-order valence-corrected chi connectivity index (χ0v) is 18.4. The van der Waals surface area contributed by atoms with Gasteiger partial charge in [-0.05, 0) is 61.0 Å². The van der Waals surface area contributed by atoms with Gasteiger partial charge in [0.25, 0.3) is 5.91 Å². The van der Waals surface area contributed by atoms with Crippen LogP contribution in [-0.4, -0.2) is 38.8 Å². The number of halogens is 1. The Morgan fingerprint density at radius 2 is 1.76 bits per heavy atom. The summed E-state index contributed by atoms with van der Waals surface area (Å²) in [6.45, 7) is 1.58. The summed E-state index contributed by atoms with van der Waals surface area (Å²) in [5, 5.41) is 32.8. The van der Waals surface area contributed by atoms with Crippen LogP contribution in [0.3, 0.4) is 0 Å². The highest BCUT2D eigenvalue weighted by Crippen LogP contribution is 2.44. The number of benzene rings is 3. The number of amides is 2. The number of carbonyl (C=O) groups is 3.